The maximum atomic E-state index is 12.9. The molecule has 0 radical (unpaired) electrons. The van der Waals surface area contributed by atoms with Gasteiger partial charge in [-0.2, -0.15) is 0 Å². The van der Waals surface area contributed by atoms with Crippen molar-refractivity contribution < 1.29 is 19.1 Å². The van der Waals surface area contributed by atoms with E-state index in [4.69, 9.17) is 4.74 Å². The molecule has 1 aromatic carbocycles. The Bertz CT molecular complexity index is 907. The number of aromatic nitrogens is 1. The molecular weight excluding hydrogens is 358 g/mol. The number of nitrogens with one attached hydrogen (secondary N) is 3. The lowest BCUT2D eigenvalue weighted by Gasteiger charge is -2.21. The van der Waals surface area contributed by atoms with Gasteiger partial charge in [-0.15, -0.1) is 0 Å². The molecule has 2 amide bonds. The largest absolute Gasteiger partial charge is 0.465 e. The van der Waals surface area contributed by atoms with E-state index in [0.29, 0.717) is 34.5 Å². The number of carbonyl (C=O) groups is 3. The number of aromatic amines is 1. The number of esters is 1. The fraction of sp³-hybridized carbons (Fsp3) is 0.381. The highest BCUT2D eigenvalue weighted by molar-refractivity contribution is 6.10. The van der Waals surface area contributed by atoms with Gasteiger partial charge in [-0.1, -0.05) is 19.1 Å². The second kappa shape index (κ2) is 8.29. The Hall–Kier alpha value is -3.09. The third-order valence-electron chi connectivity index (χ3n) is 4.21. The number of carbonyl (C=O) groups excluding carboxylic acids is 3. The SMILES string of the molecule is CCc1[nH]c(C(=O)Nc2ccccc2C(=O)NC(C)(C)C)c(C)c1C(=O)OC. The molecule has 1 heterocycles. The first-order valence-corrected chi connectivity index (χ1v) is 9.11. The summed E-state index contributed by atoms with van der Waals surface area (Å²) in [5.41, 5.74) is 2.12. The maximum absolute atomic E-state index is 12.9. The number of H-pyrrole nitrogens is 1. The lowest BCUT2D eigenvalue weighted by atomic mass is 10.1. The summed E-state index contributed by atoms with van der Waals surface area (Å²) in [6.07, 6.45) is 0.545. The van der Waals surface area contributed by atoms with Gasteiger partial charge in [0.15, 0.2) is 0 Å². The van der Waals surface area contributed by atoms with Crippen LogP contribution in [0.5, 0.6) is 0 Å². The van der Waals surface area contributed by atoms with Crippen LogP contribution in [-0.2, 0) is 11.2 Å². The summed E-state index contributed by atoms with van der Waals surface area (Å²) in [4.78, 5) is 40.5. The molecule has 0 saturated heterocycles. The second-order valence-corrected chi connectivity index (χ2v) is 7.53. The molecule has 0 aliphatic rings. The van der Waals surface area contributed by atoms with Crippen molar-refractivity contribution in [1.82, 2.24) is 10.3 Å². The molecule has 2 rings (SSSR count). The van der Waals surface area contributed by atoms with E-state index in [2.05, 4.69) is 15.6 Å². The predicted octanol–water partition coefficient (Wildman–Crippen LogP) is 3.45. The highest BCUT2D eigenvalue weighted by atomic mass is 16.5. The van der Waals surface area contributed by atoms with Crippen molar-refractivity contribution in [1.29, 1.82) is 0 Å². The Kier molecular flexibility index (Phi) is 6.28. The van der Waals surface area contributed by atoms with Crippen molar-refractivity contribution >= 4 is 23.5 Å². The molecular formula is C21H27N3O4. The lowest BCUT2D eigenvalue weighted by molar-refractivity contribution is 0.0598. The molecule has 0 aliphatic heterocycles. The van der Waals surface area contributed by atoms with Gasteiger partial charge < -0.3 is 20.4 Å². The first-order valence-electron chi connectivity index (χ1n) is 9.11. The standard InChI is InChI=1S/C21H27N3O4/c1-7-14-16(20(27)28-6)12(2)17(22-14)19(26)23-15-11-9-8-10-13(15)18(25)24-21(3,4)5/h8-11,22H,7H2,1-6H3,(H,23,26)(H,24,25). The molecule has 150 valence electrons. The third kappa shape index (κ3) is 4.60. The molecule has 0 saturated carbocycles. The van der Waals surface area contributed by atoms with Crippen LogP contribution < -0.4 is 10.6 Å². The van der Waals surface area contributed by atoms with E-state index in [9.17, 15) is 14.4 Å². The zero-order chi connectivity index (χ0) is 21.1. The first kappa shape index (κ1) is 21.2. The van der Waals surface area contributed by atoms with E-state index in [1.54, 1.807) is 31.2 Å². The van der Waals surface area contributed by atoms with E-state index < -0.39 is 17.4 Å². The highest BCUT2D eigenvalue weighted by Crippen LogP contribution is 2.23. The smallest absolute Gasteiger partial charge is 0.339 e. The Morgan fingerprint density at radius 2 is 1.75 bits per heavy atom. The lowest BCUT2D eigenvalue weighted by Crippen LogP contribution is -2.40. The van der Waals surface area contributed by atoms with Crippen LogP contribution in [0.15, 0.2) is 24.3 Å². The Morgan fingerprint density at radius 3 is 2.32 bits per heavy atom. The summed E-state index contributed by atoms with van der Waals surface area (Å²) in [6, 6.07) is 6.78. The highest BCUT2D eigenvalue weighted by Gasteiger charge is 2.25. The number of hydrogen-bond acceptors (Lipinski definition) is 4. The van der Waals surface area contributed by atoms with Crippen LogP contribution in [0.2, 0.25) is 0 Å². The topological polar surface area (TPSA) is 100 Å². The number of ether oxygens (including phenoxy) is 1. The molecule has 0 fully saturated rings. The predicted molar refractivity (Wildman–Crippen MR) is 108 cm³/mol. The van der Waals surface area contributed by atoms with Crippen LogP contribution in [-0.4, -0.2) is 35.4 Å². The maximum Gasteiger partial charge on any atom is 0.339 e. The van der Waals surface area contributed by atoms with Crippen molar-refractivity contribution in [3.63, 3.8) is 0 Å². The molecule has 0 unspecified atom stereocenters. The molecule has 2 aromatic rings. The fourth-order valence-electron chi connectivity index (χ4n) is 2.91. The normalized spacial score (nSPS) is 11.1. The van der Waals surface area contributed by atoms with Crippen molar-refractivity contribution in [3.8, 4) is 0 Å². The van der Waals surface area contributed by atoms with Gasteiger partial charge in [0.2, 0.25) is 0 Å². The Morgan fingerprint density at radius 1 is 1.11 bits per heavy atom. The minimum Gasteiger partial charge on any atom is -0.465 e. The fourth-order valence-corrected chi connectivity index (χ4v) is 2.91. The van der Waals surface area contributed by atoms with Gasteiger partial charge in [-0.3, -0.25) is 9.59 Å². The molecule has 0 aliphatic carbocycles. The van der Waals surface area contributed by atoms with Crippen molar-refractivity contribution in [2.75, 3.05) is 12.4 Å². The van der Waals surface area contributed by atoms with E-state index in [1.165, 1.54) is 7.11 Å². The summed E-state index contributed by atoms with van der Waals surface area (Å²) in [6.45, 7) is 9.22. The van der Waals surface area contributed by atoms with E-state index in [1.807, 2.05) is 27.7 Å². The molecule has 3 N–H and O–H groups in total. The van der Waals surface area contributed by atoms with Crippen LogP contribution in [0.3, 0.4) is 0 Å². The monoisotopic (exact) mass is 385 g/mol. The van der Waals surface area contributed by atoms with Gasteiger partial charge >= 0.3 is 5.97 Å². The second-order valence-electron chi connectivity index (χ2n) is 7.53. The minimum absolute atomic E-state index is 0.267. The van der Waals surface area contributed by atoms with Gasteiger partial charge in [0.05, 0.1) is 23.9 Å². The van der Waals surface area contributed by atoms with E-state index >= 15 is 0 Å². The summed E-state index contributed by atoms with van der Waals surface area (Å²) in [5.74, 6) is -1.20. The molecule has 0 bridgehead atoms. The zero-order valence-electron chi connectivity index (χ0n) is 17.1. The summed E-state index contributed by atoms with van der Waals surface area (Å²) < 4.78 is 4.82. The number of hydrogen-bond donors (Lipinski definition) is 3. The minimum atomic E-state index is -0.491. The molecule has 7 nitrogen and oxygen atoms in total. The summed E-state index contributed by atoms with van der Waals surface area (Å²) >= 11 is 0. The van der Waals surface area contributed by atoms with Crippen LogP contribution >= 0.6 is 0 Å². The van der Waals surface area contributed by atoms with Gasteiger partial charge in [0.1, 0.15) is 5.69 Å². The van der Waals surface area contributed by atoms with Crippen LogP contribution in [0.25, 0.3) is 0 Å². The molecule has 0 spiro atoms. The molecule has 28 heavy (non-hydrogen) atoms. The average molecular weight is 385 g/mol. The quantitative estimate of drug-likeness (QED) is 0.686. The first-order chi connectivity index (χ1) is 13.1. The summed E-state index contributed by atoms with van der Waals surface area (Å²) in [5, 5.41) is 5.66. The molecule has 7 heteroatoms. The third-order valence-corrected chi connectivity index (χ3v) is 4.21. The number of para-hydroxylation sites is 1. The van der Waals surface area contributed by atoms with Gasteiger partial charge in [-0.05, 0) is 51.8 Å². The van der Waals surface area contributed by atoms with E-state index in [0.717, 1.165) is 0 Å². The van der Waals surface area contributed by atoms with Gasteiger partial charge in [0, 0.05) is 11.2 Å². The number of rotatable bonds is 5. The van der Waals surface area contributed by atoms with Crippen LogP contribution in [0.4, 0.5) is 5.69 Å². The van der Waals surface area contributed by atoms with Crippen molar-refractivity contribution in [3.05, 3.63) is 52.3 Å². The Balaban J connectivity index is 2.36. The number of aryl methyl sites for hydroxylation is 1. The van der Waals surface area contributed by atoms with Crippen molar-refractivity contribution in [2.24, 2.45) is 0 Å². The number of methoxy groups -OCH3 is 1. The average Bonchev–Trinajstić information content (AvgIpc) is 2.96. The number of amides is 2. The Labute approximate surface area is 164 Å². The summed E-state index contributed by atoms with van der Waals surface area (Å²) in [7, 11) is 1.30. The number of anilines is 1. The van der Waals surface area contributed by atoms with Crippen LogP contribution in [0.1, 0.15) is 70.2 Å². The van der Waals surface area contributed by atoms with Gasteiger partial charge in [0.25, 0.3) is 11.8 Å². The van der Waals surface area contributed by atoms with Crippen LogP contribution in [0, 0.1) is 6.92 Å². The van der Waals surface area contributed by atoms with Gasteiger partial charge in [-0.25, -0.2) is 4.79 Å². The number of benzene rings is 1. The zero-order valence-corrected chi connectivity index (χ0v) is 17.1. The van der Waals surface area contributed by atoms with Crippen molar-refractivity contribution in [2.45, 2.75) is 46.6 Å². The van der Waals surface area contributed by atoms with E-state index in [-0.39, 0.29) is 11.6 Å². The molecule has 0 atom stereocenters. The molecule has 1 aromatic heterocycles.